The maximum atomic E-state index is 13.1. The van der Waals surface area contributed by atoms with Crippen molar-refractivity contribution < 1.29 is 14.0 Å². The van der Waals surface area contributed by atoms with Gasteiger partial charge >= 0.3 is 0 Å². The molecule has 3 N–H and O–H groups in total. The van der Waals surface area contributed by atoms with Gasteiger partial charge in [-0.25, -0.2) is 9.37 Å². The van der Waals surface area contributed by atoms with Gasteiger partial charge in [-0.3, -0.25) is 9.59 Å². The third kappa shape index (κ3) is 4.30. The molecule has 1 aromatic heterocycles. The van der Waals surface area contributed by atoms with Crippen molar-refractivity contribution in [1.29, 1.82) is 0 Å². The number of hydrogen-bond acceptors (Lipinski definition) is 3. The van der Waals surface area contributed by atoms with Crippen LogP contribution in [-0.4, -0.2) is 27.8 Å². The van der Waals surface area contributed by atoms with Crippen molar-refractivity contribution in [3.63, 3.8) is 0 Å². The zero-order valence-electron chi connectivity index (χ0n) is 19.1. The Hall–Kier alpha value is -4.00. The SMILES string of the molecule is O=C(Nc1ccc(-c2nc3cc(C(=O)NC4CC5CCC4C5)ccc3[nH]2)cc1)c1ccc(F)cc1. The van der Waals surface area contributed by atoms with E-state index in [1.165, 1.54) is 43.5 Å². The van der Waals surface area contributed by atoms with E-state index in [1.807, 2.05) is 30.3 Å². The number of nitrogens with one attached hydrogen (secondary N) is 3. The Morgan fingerprint density at radius 3 is 2.37 bits per heavy atom. The predicted molar refractivity (Wildman–Crippen MR) is 133 cm³/mol. The van der Waals surface area contributed by atoms with Gasteiger partial charge in [-0.05, 0) is 97.8 Å². The van der Waals surface area contributed by atoms with Gasteiger partial charge in [0.25, 0.3) is 11.8 Å². The molecule has 35 heavy (non-hydrogen) atoms. The van der Waals surface area contributed by atoms with Crippen LogP contribution in [0.2, 0.25) is 0 Å². The van der Waals surface area contributed by atoms with Crippen LogP contribution in [0.4, 0.5) is 10.1 Å². The molecular weight excluding hydrogens is 443 g/mol. The van der Waals surface area contributed by atoms with Crippen LogP contribution in [0.15, 0.2) is 66.7 Å². The number of rotatable bonds is 5. The molecular formula is C28H25FN4O2. The van der Waals surface area contributed by atoms with Gasteiger partial charge < -0.3 is 15.6 Å². The molecule has 2 amide bonds. The molecule has 2 saturated carbocycles. The number of nitrogens with zero attached hydrogens (tertiary/aromatic N) is 1. The van der Waals surface area contributed by atoms with Crippen LogP contribution in [0.3, 0.4) is 0 Å². The molecule has 0 radical (unpaired) electrons. The highest BCUT2D eigenvalue weighted by molar-refractivity contribution is 6.04. The van der Waals surface area contributed by atoms with Crippen LogP contribution in [-0.2, 0) is 0 Å². The Labute approximate surface area is 202 Å². The average molecular weight is 469 g/mol. The van der Waals surface area contributed by atoms with Gasteiger partial charge in [-0.1, -0.05) is 6.42 Å². The summed E-state index contributed by atoms with van der Waals surface area (Å²) in [5.74, 6) is 1.37. The number of amides is 2. The van der Waals surface area contributed by atoms with E-state index < -0.39 is 0 Å². The molecule has 0 saturated heterocycles. The first-order chi connectivity index (χ1) is 17.0. The molecule has 6 rings (SSSR count). The lowest BCUT2D eigenvalue weighted by atomic mass is 9.95. The fourth-order valence-electron chi connectivity index (χ4n) is 5.47. The van der Waals surface area contributed by atoms with E-state index in [-0.39, 0.29) is 17.6 Å². The maximum absolute atomic E-state index is 13.1. The molecule has 3 aromatic carbocycles. The van der Waals surface area contributed by atoms with Crippen molar-refractivity contribution in [2.75, 3.05) is 5.32 Å². The Morgan fingerprint density at radius 2 is 1.66 bits per heavy atom. The first-order valence-electron chi connectivity index (χ1n) is 12.0. The lowest BCUT2D eigenvalue weighted by Gasteiger charge is -2.22. The summed E-state index contributed by atoms with van der Waals surface area (Å²) in [6, 6.07) is 18.6. The van der Waals surface area contributed by atoms with Gasteiger partial charge in [0.15, 0.2) is 0 Å². The number of H-pyrrole nitrogens is 1. The summed E-state index contributed by atoms with van der Waals surface area (Å²) < 4.78 is 13.1. The Balaban J connectivity index is 1.15. The zero-order chi connectivity index (χ0) is 23.9. The van der Waals surface area contributed by atoms with Crippen molar-refractivity contribution >= 4 is 28.5 Å². The van der Waals surface area contributed by atoms with E-state index in [0.717, 1.165) is 28.9 Å². The second-order valence-corrected chi connectivity index (χ2v) is 9.61. The molecule has 0 spiro atoms. The first-order valence-corrected chi connectivity index (χ1v) is 12.0. The van der Waals surface area contributed by atoms with E-state index in [9.17, 15) is 14.0 Å². The molecule has 176 valence electrons. The monoisotopic (exact) mass is 468 g/mol. The number of imidazole rings is 1. The Kier molecular flexibility index (Phi) is 5.32. The van der Waals surface area contributed by atoms with Crippen molar-refractivity contribution in [1.82, 2.24) is 15.3 Å². The van der Waals surface area contributed by atoms with Gasteiger partial charge in [-0.2, -0.15) is 0 Å². The minimum absolute atomic E-state index is 0.0322. The molecule has 2 aliphatic carbocycles. The van der Waals surface area contributed by atoms with Gasteiger partial charge in [0.05, 0.1) is 11.0 Å². The number of anilines is 1. The van der Waals surface area contributed by atoms with E-state index >= 15 is 0 Å². The summed E-state index contributed by atoms with van der Waals surface area (Å²) in [7, 11) is 0. The second kappa shape index (κ2) is 8.65. The van der Waals surface area contributed by atoms with Gasteiger partial charge in [-0.15, -0.1) is 0 Å². The molecule has 3 unspecified atom stereocenters. The standard InChI is InChI=1S/C28H25FN4O2/c29-21-8-3-18(4-9-21)27(34)30-22-10-5-17(6-11-22)26-31-23-12-7-20(15-25(23)32-26)28(35)33-24-14-16-1-2-19(24)13-16/h3-12,15-16,19,24H,1-2,13-14H2,(H,30,34)(H,31,32)(H,33,35). The fraction of sp³-hybridized carbons (Fsp3) is 0.250. The van der Waals surface area contributed by atoms with Crippen molar-refractivity contribution in [3.05, 3.63) is 83.7 Å². The predicted octanol–water partition coefficient (Wildman–Crippen LogP) is 5.54. The van der Waals surface area contributed by atoms with Gasteiger partial charge in [0.2, 0.25) is 0 Å². The summed E-state index contributed by atoms with van der Waals surface area (Å²) >= 11 is 0. The number of carbonyl (C=O) groups excluding carboxylic acids is 2. The minimum Gasteiger partial charge on any atom is -0.349 e. The average Bonchev–Trinajstić information content (AvgIpc) is 3.60. The minimum atomic E-state index is -0.384. The molecule has 2 bridgehead atoms. The maximum Gasteiger partial charge on any atom is 0.255 e. The first kappa shape index (κ1) is 21.5. The number of hydrogen-bond donors (Lipinski definition) is 3. The highest BCUT2D eigenvalue weighted by Crippen LogP contribution is 2.44. The smallest absolute Gasteiger partial charge is 0.255 e. The topological polar surface area (TPSA) is 86.9 Å². The van der Waals surface area contributed by atoms with Crippen LogP contribution in [0.25, 0.3) is 22.4 Å². The lowest BCUT2D eigenvalue weighted by Crippen LogP contribution is -2.38. The molecule has 3 atom stereocenters. The van der Waals surface area contributed by atoms with E-state index in [1.54, 1.807) is 12.1 Å². The number of carbonyl (C=O) groups is 2. The quantitative estimate of drug-likeness (QED) is 0.359. The molecule has 1 heterocycles. The Bertz CT molecular complexity index is 1410. The van der Waals surface area contributed by atoms with Gasteiger partial charge in [0, 0.05) is 28.4 Å². The number of benzene rings is 3. The number of halogens is 1. The fourth-order valence-corrected chi connectivity index (χ4v) is 5.47. The molecule has 2 aliphatic rings. The van der Waals surface area contributed by atoms with Crippen LogP contribution in [0.5, 0.6) is 0 Å². The Morgan fingerprint density at radius 1 is 0.886 bits per heavy atom. The normalized spacial score (nSPS) is 20.8. The molecule has 7 heteroatoms. The summed E-state index contributed by atoms with van der Waals surface area (Å²) in [4.78, 5) is 33.2. The third-order valence-corrected chi connectivity index (χ3v) is 7.32. The molecule has 4 aromatic rings. The molecule has 0 aliphatic heterocycles. The molecule has 6 nitrogen and oxygen atoms in total. The van der Waals surface area contributed by atoms with Gasteiger partial charge in [0.1, 0.15) is 11.6 Å². The summed E-state index contributed by atoms with van der Waals surface area (Å²) in [6.07, 6.45) is 4.89. The summed E-state index contributed by atoms with van der Waals surface area (Å²) in [6.45, 7) is 0. The lowest BCUT2D eigenvalue weighted by molar-refractivity contribution is 0.0922. The summed E-state index contributed by atoms with van der Waals surface area (Å²) in [5.41, 5.74) is 4.07. The zero-order valence-corrected chi connectivity index (χ0v) is 19.1. The second-order valence-electron chi connectivity index (χ2n) is 9.61. The van der Waals surface area contributed by atoms with E-state index in [0.29, 0.717) is 34.6 Å². The highest BCUT2D eigenvalue weighted by atomic mass is 19.1. The summed E-state index contributed by atoms with van der Waals surface area (Å²) in [5, 5.41) is 6.04. The van der Waals surface area contributed by atoms with E-state index in [2.05, 4.69) is 20.6 Å². The number of aromatic amines is 1. The highest BCUT2D eigenvalue weighted by Gasteiger charge is 2.40. The van der Waals surface area contributed by atoms with Crippen LogP contribution < -0.4 is 10.6 Å². The third-order valence-electron chi connectivity index (χ3n) is 7.32. The largest absolute Gasteiger partial charge is 0.349 e. The van der Waals surface area contributed by atoms with Crippen molar-refractivity contribution in [2.24, 2.45) is 11.8 Å². The van der Waals surface area contributed by atoms with Crippen molar-refractivity contribution in [2.45, 2.75) is 31.7 Å². The van der Waals surface area contributed by atoms with E-state index in [4.69, 9.17) is 0 Å². The molecule has 2 fully saturated rings. The van der Waals surface area contributed by atoms with Crippen LogP contribution in [0.1, 0.15) is 46.4 Å². The van der Waals surface area contributed by atoms with Crippen LogP contribution in [0, 0.1) is 17.7 Å². The number of aromatic nitrogens is 2. The van der Waals surface area contributed by atoms with Crippen molar-refractivity contribution in [3.8, 4) is 11.4 Å². The van der Waals surface area contributed by atoms with Crippen LogP contribution >= 0.6 is 0 Å². The number of fused-ring (bicyclic) bond motifs is 3.